The van der Waals surface area contributed by atoms with E-state index in [0.29, 0.717) is 30.0 Å². The second kappa shape index (κ2) is 6.73. The van der Waals surface area contributed by atoms with E-state index in [1.807, 2.05) is 25.4 Å². The maximum Gasteiger partial charge on any atom is 0.156 e. The molecular formula is C26H29NO. The first-order chi connectivity index (χ1) is 13.6. The van der Waals surface area contributed by atoms with E-state index in [0.717, 1.165) is 18.8 Å². The van der Waals surface area contributed by atoms with E-state index in [1.165, 1.54) is 42.4 Å². The zero-order valence-corrected chi connectivity index (χ0v) is 17.0. The van der Waals surface area contributed by atoms with Gasteiger partial charge < -0.3 is 0 Å². The summed E-state index contributed by atoms with van der Waals surface area (Å²) in [5.41, 5.74) is 6.23. The van der Waals surface area contributed by atoms with Gasteiger partial charge in [-0.3, -0.25) is 9.78 Å². The topological polar surface area (TPSA) is 30.0 Å². The molecule has 0 radical (unpaired) electrons. The van der Waals surface area contributed by atoms with Crippen molar-refractivity contribution < 1.29 is 4.79 Å². The molecule has 0 spiro atoms. The maximum absolute atomic E-state index is 12.1. The average molecular weight is 372 g/mol. The van der Waals surface area contributed by atoms with Gasteiger partial charge in [-0.05, 0) is 97.6 Å². The minimum absolute atomic E-state index is 0.289. The molecule has 0 N–H and O–H groups in total. The lowest BCUT2D eigenvalue weighted by atomic mass is 9.52. The smallest absolute Gasteiger partial charge is 0.156 e. The summed E-state index contributed by atoms with van der Waals surface area (Å²) in [6.07, 6.45) is 13.5. The highest BCUT2D eigenvalue weighted by molar-refractivity contribution is 5.93. The van der Waals surface area contributed by atoms with Crippen molar-refractivity contribution in [3.63, 3.8) is 0 Å². The van der Waals surface area contributed by atoms with Gasteiger partial charge in [0.25, 0.3) is 0 Å². The van der Waals surface area contributed by atoms with Crippen LogP contribution in [0.25, 0.3) is 0 Å². The van der Waals surface area contributed by atoms with E-state index in [9.17, 15) is 4.79 Å². The summed E-state index contributed by atoms with van der Waals surface area (Å²) >= 11 is 0. The summed E-state index contributed by atoms with van der Waals surface area (Å²) in [6, 6.07) is 4.42. The molecule has 0 bridgehead atoms. The molecule has 2 heteroatoms. The maximum atomic E-state index is 12.1. The number of carbonyl (C=O) groups excluding carboxylic acids is 1. The Morgan fingerprint density at radius 3 is 2.71 bits per heavy atom. The van der Waals surface area contributed by atoms with Crippen molar-refractivity contribution in [2.24, 2.45) is 23.2 Å². The van der Waals surface area contributed by atoms with Gasteiger partial charge in [0.1, 0.15) is 0 Å². The SMILES string of the molecule is CC#C[C@@H]1CC[C@H]2[C@@H]3CCC4=CC(=O)CCC4=C3[C@@H](c3ccncc3)C[C@]12C. The van der Waals surface area contributed by atoms with Gasteiger partial charge in [-0.2, -0.15) is 0 Å². The highest BCUT2D eigenvalue weighted by Gasteiger charge is 2.56. The van der Waals surface area contributed by atoms with E-state index >= 15 is 0 Å². The van der Waals surface area contributed by atoms with E-state index < -0.39 is 0 Å². The van der Waals surface area contributed by atoms with E-state index in [4.69, 9.17) is 0 Å². The standard InChI is InChI=1S/C26H29NO/c1-3-4-19-6-10-24-22-8-5-18-15-20(28)7-9-21(18)25(22)23(16-26(19,24)2)17-11-13-27-14-12-17/h11-15,19,22-24H,5-10,16H2,1-2H3/t19-,22+,23-,24+,26-/m1/s1. The second-order valence-electron chi connectivity index (χ2n) is 9.39. The van der Waals surface area contributed by atoms with Crippen LogP contribution in [0.2, 0.25) is 0 Å². The first-order valence-electron chi connectivity index (χ1n) is 10.9. The molecule has 1 aromatic rings. The lowest BCUT2D eigenvalue weighted by molar-refractivity contribution is -0.114. The number of ketones is 1. The largest absolute Gasteiger partial charge is 0.295 e. The van der Waals surface area contributed by atoms with E-state index in [2.05, 4.69) is 35.9 Å². The molecule has 4 aliphatic rings. The molecule has 0 saturated heterocycles. The van der Waals surface area contributed by atoms with E-state index in [-0.39, 0.29) is 5.41 Å². The minimum Gasteiger partial charge on any atom is -0.295 e. The number of carbonyl (C=O) groups is 1. The Labute approximate surface area is 168 Å². The van der Waals surface area contributed by atoms with Gasteiger partial charge in [0.05, 0.1) is 0 Å². The average Bonchev–Trinajstić information content (AvgIpc) is 3.04. The highest BCUT2D eigenvalue weighted by atomic mass is 16.1. The Kier molecular flexibility index (Phi) is 4.31. The number of fused-ring (bicyclic) bond motifs is 4. The summed E-state index contributed by atoms with van der Waals surface area (Å²) in [4.78, 5) is 16.3. The first kappa shape index (κ1) is 17.9. The third-order valence-corrected chi connectivity index (χ3v) is 8.16. The molecule has 2 nitrogen and oxygen atoms in total. The number of allylic oxidation sites excluding steroid dienone is 4. The van der Waals surface area contributed by atoms with Crippen molar-refractivity contribution in [3.8, 4) is 11.8 Å². The molecule has 0 aromatic carbocycles. The van der Waals surface area contributed by atoms with Crippen LogP contribution in [0.5, 0.6) is 0 Å². The van der Waals surface area contributed by atoms with Crippen LogP contribution < -0.4 is 0 Å². The quantitative estimate of drug-likeness (QED) is 0.600. The summed E-state index contributed by atoms with van der Waals surface area (Å²) in [7, 11) is 0. The highest BCUT2D eigenvalue weighted by Crippen LogP contribution is 2.65. The van der Waals surface area contributed by atoms with Crippen LogP contribution in [0.15, 0.2) is 47.3 Å². The fourth-order valence-corrected chi connectivity index (χ4v) is 6.96. The van der Waals surface area contributed by atoms with Crippen molar-refractivity contribution >= 4 is 5.78 Å². The second-order valence-corrected chi connectivity index (χ2v) is 9.39. The normalized spacial score (nSPS) is 36.6. The molecule has 1 aromatic heterocycles. The lowest BCUT2D eigenvalue weighted by Crippen LogP contribution is -2.43. The van der Waals surface area contributed by atoms with Crippen LogP contribution >= 0.6 is 0 Å². The van der Waals surface area contributed by atoms with Crippen LogP contribution in [-0.4, -0.2) is 10.8 Å². The van der Waals surface area contributed by atoms with Crippen LogP contribution in [0.4, 0.5) is 0 Å². The first-order valence-corrected chi connectivity index (χ1v) is 10.9. The molecular weight excluding hydrogens is 342 g/mol. The summed E-state index contributed by atoms with van der Waals surface area (Å²) < 4.78 is 0. The Bertz CT molecular complexity index is 928. The number of hydrogen-bond acceptors (Lipinski definition) is 2. The third-order valence-electron chi connectivity index (χ3n) is 8.16. The van der Waals surface area contributed by atoms with Crippen molar-refractivity contribution in [2.75, 3.05) is 0 Å². The zero-order valence-electron chi connectivity index (χ0n) is 17.0. The lowest BCUT2D eigenvalue weighted by Gasteiger charge is -2.52. The molecule has 0 aliphatic heterocycles. The third kappa shape index (κ3) is 2.63. The molecule has 5 rings (SSSR count). The van der Waals surface area contributed by atoms with Gasteiger partial charge >= 0.3 is 0 Å². The fourth-order valence-electron chi connectivity index (χ4n) is 6.96. The molecule has 1 heterocycles. The van der Waals surface area contributed by atoms with Crippen molar-refractivity contribution in [1.82, 2.24) is 4.98 Å². The molecule has 2 saturated carbocycles. The molecule has 0 unspecified atom stereocenters. The molecule has 28 heavy (non-hydrogen) atoms. The van der Waals surface area contributed by atoms with Crippen LogP contribution in [0.1, 0.15) is 70.3 Å². The minimum atomic E-state index is 0.289. The molecule has 144 valence electrons. The van der Waals surface area contributed by atoms with Crippen LogP contribution in [0.3, 0.4) is 0 Å². The van der Waals surface area contributed by atoms with Gasteiger partial charge in [-0.15, -0.1) is 5.92 Å². The van der Waals surface area contributed by atoms with Gasteiger partial charge in [-0.25, -0.2) is 0 Å². The fraction of sp³-hybridized carbons (Fsp3) is 0.538. The Balaban J connectivity index is 1.67. The Morgan fingerprint density at radius 1 is 1.11 bits per heavy atom. The van der Waals surface area contributed by atoms with Crippen molar-refractivity contribution in [1.29, 1.82) is 0 Å². The zero-order chi connectivity index (χ0) is 19.3. The van der Waals surface area contributed by atoms with Crippen LogP contribution in [-0.2, 0) is 4.79 Å². The summed E-state index contributed by atoms with van der Waals surface area (Å²) in [6.45, 7) is 4.51. The van der Waals surface area contributed by atoms with Gasteiger partial charge in [0.2, 0.25) is 0 Å². The Hall–Kier alpha value is -2.14. The van der Waals surface area contributed by atoms with E-state index in [1.54, 1.807) is 5.57 Å². The molecule has 0 amide bonds. The monoisotopic (exact) mass is 371 g/mol. The number of hydrogen-bond donors (Lipinski definition) is 0. The summed E-state index contributed by atoms with van der Waals surface area (Å²) in [5.74, 6) is 9.47. The molecule has 4 aliphatic carbocycles. The van der Waals surface area contributed by atoms with Gasteiger partial charge in [0, 0.05) is 30.7 Å². The molecule has 2 fully saturated rings. The van der Waals surface area contributed by atoms with Crippen molar-refractivity contribution in [2.45, 2.75) is 64.7 Å². The molecule has 5 atom stereocenters. The predicted molar refractivity (Wildman–Crippen MR) is 111 cm³/mol. The number of pyridine rings is 1. The van der Waals surface area contributed by atoms with Crippen LogP contribution in [0, 0.1) is 35.0 Å². The number of aromatic nitrogens is 1. The van der Waals surface area contributed by atoms with Gasteiger partial charge in [-0.1, -0.05) is 18.4 Å². The predicted octanol–water partition coefficient (Wildman–Crippen LogP) is 5.62. The summed E-state index contributed by atoms with van der Waals surface area (Å²) in [5, 5.41) is 0. The Morgan fingerprint density at radius 2 is 1.93 bits per heavy atom. The number of rotatable bonds is 1. The van der Waals surface area contributed by atoms with Crippen molar-refractivity contribution in [3.05, 3.63) is 52.9 Å². The van der Waals surface area contributed by atoms with Gasteiger partial charge in [0.15, 0.2) is 5.78 Å². The number of nitrogens with zero attached hydrogens (tertiary/aromatic N) is 1.